The highest BCUT2D eigenvalue weighted by Crippen LogP contribution is 1.99. The van der Waals surface area contributed by atoms with Gasteiger partial charge in [0.2, 0.25) is 0 Å². The van der Waals surface area contributed by atoms with Crippen LogP contribution < -0.4 is 16.2 Å². The average Bonchev–Trinajstić information content (AvgIpc) is 2.06. The van der Waals surface area contributed by atoms with E-state index in [-0.39, 0.29) is 0 Å². The van der Waals surface area contributed by atoms with Gasteiger partial charge in [-0.25, -0.2) is 0 Å². The summed E-state index contributed by atoms with van der Waals surface area (Å²) in [5.41, 5.74) is 6.81. The molecule has 1 aliphatic rings. The fraction of sp³-hybridized carbons (Fsp3) is 0.222. The minimum absolute atomic E-state index is 0.983. The Kier molecular flexibility index (Phi) is 1.39. The van der Waals surface area contributed by atoms with Crippen LogP contribution in [0.5, 0.6) is 0 Å². The van der Waals surface area contributed by atoms with Gasteiger partial charge in [-0.15, -0.1) is 0 Å². The van der Waals surface area contributed by atoms with E-state index in [9.17, 15) is 0 Å². The van der Waals surface area contributed by atoms with Gasteiger partial charge in [0.1, 0.15) is 0 Å². The van der Waals surface area contributed by atoms with Gasteiger partial charge < -0.3 is 5.73 Å². The fourth-order valence-corrected chi connectivity index (χ4v) is 1.38. The molecule has 0 saturated heterocycles. The molecule has 2 N–H and O–H groups in total. The van der Waals surface area contributed by atoms with E-state index in [1.54, 1.807) is 6.20 Å². The summed E-state index contributed by atoms with van der Waals surface area (Å²) in [6.45, 7) is 0. The van der Waals surface area contributed by atoms with Crippen LogP contribution in [-0.4, -0.2) is 4.98 Å². The quantitative estimate of drug-likeness (QED) is 0.547. The minimum Gasteiger partial charge on any atom is -0.402 e. The predicted octanol–water partition coefficient (Wildman–Crippen LogP) is -0.277. The highest BCUT2D eigenvalue weighted by atomic mass is 14.6. The van der Waals surface area contributed by atoms with E-state index in [0.717, 1.165) is 23.8 Å². The van der Waals surface area contributed by atoms with Gasteiger partial charge in [-0.1, -0.05) is 6.08 Å². The summed E-state index contributed by atoms with van der Waals surface area (Å²) in [6.07, 6.45) is 7.85. The number of nitrogens with two attached hydrogens (primary N) is 1. The zero-order chi connectivity index (χ0) is 7.68. The molecule has 0 saturated carbocycles. The van der Waals surface area contributed by atoms with E-state index in [1.807, 2.05) is 12.3 Å². The first kappa shape index (κ1) is 6.40. The van der Waals surface area contributed by atoms with Crippen LogP contribution in [0.2, 0.25) is 0 Å². The van der Waals surface area contributed by atoms with Crippen molar-refractivity contribution in [3.63, 3.8) is 0 Å². The summed E-state index contributed by atoms with van der Waals surface area (Å²) in [4.78, 5) is 4.03. The predicted molar refractivity (Wildman–Crippen MR) is 44.8 cm³/mol. The number of aromatic nitrogens is 1. The Morgan fingerprint density at radius 2 is 2.36 bits per heavy atom. The Morgan fingerprint density at radius 1 is 1.45 bits per heavy atom. The molecule has 1 aliphatic carbocycles. The summed E-state index contributed by atoms with van der Waals surface area (Å²) in [6, 6.07) is 1.97. The molecular weight excluding hydrogens is 136 g/mol. The second-order valence-corrected chi connectivity index (χ2v) is 2.73. The van der Waals surface area contributed by atoms with E-state index in [1.165, 1.54) is 5.22 Å². The average molecular weight is 146 g/mol. The lowest BCUT2D eigenvalue weighted by Gasteiger charge is -2.04. The van der Waals surface area contributed by atoms with Crippen molar-refractivity contribution in [1.29, 1.82) is 0 Å². The Balaban J connectivity index is 2.89. The van der Waals surface area contributed by atoms with Crippen molar-refractivity contribution in [3.8, 4) is 0 Å². The monoisotopic (exact) mass is 146 g/mol. The SMILES string of the molecule is NC1=c2ccncc2=CCC1. The summed E-state index contributed by atoms with van der Waals surface area (Å²) in [5.74, 6) is 0. The molecule has 0 radical (unpaired) electrons. The van der Waals surface area contributed by atoms with Crippen LogP contribution >= 0.6 is 0 Å². The van der Waals surface area contributed by atoms with Crippen LogP contribution in [0.4, 0.5) is 0 Å². The van der Waals surface area contributed by atoms with Gasteiger partial charge in [-0.2, -0.15) is 0 Å². The van der Waals surface area contributed by atoms with Gasteiger partial charge >= 0.3 is 0 Å². The molecule has 1 heterocycles. The standard InChI is InChI=1S/C9H10N2/c10-9-3-1-2-7-6-11-5-4-8(7)9/h2,4-6H,1,3,10H2. The third-order valence-corrected chi connectivity index (χ3v) is 1.98. The third-order valence-electron chi connectivity index (χ3n) is 1.98. The van der Waals surface area contributed by atoms with Crippen molar-refractivity contribution in [2.24, 2.45) is 5.73 Å². The summed E-state index contributed by atoms with van der Waals surface area (Å²) < 4.78 is 0. The molecule has 2 rings (SSSR count). The molecule has 2 heteroatoms. The van der Waals surface area contributed by atoms with Gasteiger partial charge in [0.25, 0.3) is 0 Å². The van der Waals surface area contributed by atoms with E-state index in [2.05, 4.69) is 11.1 Å². The topological polar surface area (TPSA) is 38.9 Å². The first-order valence-corrected chi connectivity index (χ1v) is 3.77. The van der Waals surface area contributed by atoms with Crippen molar-refractivity contribution >= 4 is 11.8 Å². The second kappa shape index (κ2) is 2.38. The largest absolute Gasteiger partial charge is 0.402 e. The van der Waals surface area contributed by atoms with Crippen molar-refractivity contribution < 1.29 is 0 Å². The fourth-order valence-electron chi connectivity index (χ4n) is 1.38. The summed E-state index contributed by atoms with van der Waals surface area (Å²) in [5, 5.41) is 2.34. The number of pyridine rings is 1. The van der Waals surface area contributed by atoms with Gasteiger partial charge in [0.15, 0.2) is 0 Å². The molecule has 0 atom stereocenters. The summed E-state index contributed by atoms with van der Waals surface area (Å²) >= 11 is 0. The van der Waals surface area contributed by atoms with E-state index >= 15 is 0 Å². The molecule has 0 aromatic carbocycles. The molecular formula is C9H10N2. The molecule has 0 bridgehead atoms. The van der Waals surface area contributed by atoms with Crippen molar-refractivity contribution in [2.45, 2.75) is 12.8 Å². The molecule has 11 heavy (non-hydrogen) atoms. The van der Waals surface area contributed by atoms with Crippen molar-refractivity contribution in [1.82, 2.24) is 4.98 Å². The van der Waals surface area contributed by atoms with Gasteiger partial charge in [-0.3, -0.25) is 4.98 Å². The molecule has 2 nitrogen and oxygen atoms in total. The smallest absolute Gasteiger partial charge is 0.0343 e. The molecule has 0 amide bonds. The third kappa shape index (κ3) is 1.00. The number of hydrogen-bond donors (Lipinski definition) is 1. The summed E-state index contributed by atoms with van der Waals surface area (Å²) in [7, 11) is 0. The molecule has 1 aromatic rings. The maximum absolute atomic E-state index is 5.82. The maximum atomic E-state index is 5.82. The molecule has 0 fully saturated rings. The van der Waals surface area contributed by atoms with Crippen molar-refractivity contribution in [2.75, 3.05) is 0 Å². The van der Waals surface area contributed by atoms with Crippen molar-refractivity contribution in [3.05, 3.63) is 28.9 Å². The maximum Gasteiger partial charge on any atom is 0.0343 e. The lowest BCUT2D eigenvalue weighted by molar-refractivity contribution is 1.04. The molecule has 56 valence electrons. The zero-order valence-corrected chi connectivity index (χ0v) is 6.25. The zero-order valence-electron chi connectivity index (χ0n) is 6.25. The van der Waals surface area contributed by atoms with Crippen LogP contribution in [-0.2, 0) is 0 Å². The van der Waals surface area contributed by atoms with Gasteiger partial charge in [0, 0.05) is 23.3 Å². The number of fused-ring (bicyclic) bond motifs is 1. The van der Waals surface area contributed by atoms with Crippen LogP contribution in [0.15, 0.2) is 18.5 Å². The molecule has 0 spiro atoms. The number of rotatable bonds is 0. The lowest BCUT2D eigenvalue weighted by atomic mass is 10.1. The van der Waals surface area contributed by atoms with Crippen LogP contribution in [0.1, 0.15) is 12.8 Å². The highest BCUT2D eigenvalue weighted by Gasteiger charge is 1.98. The Labute approximate surface area is 65.1 Å². The first-order valence-electron chi connectivity index (χ1n) is 3.77. The second-order valence-electron chi connectivity index (χ2n) is 2.73. The van der Waals surface area contributed by atoms with E-state index in [0.29, 0.717) is 0 Å². The van der Waals surface area contributed by atoms with Crippen LogP contribution in [0, 0.1) is 0 Å². The van der Waals surface area contributed by atoms with Crippen LogP contribution in [0.25, 0.3) is 11.8 Å². The van der Waals surface area contributed by atoms with E-state index < -0.39 is 0 Å². The number of nitrogens with zero attached hydrogens (tertiary/aromatic N) is 1. The molecule has 0 unspecified atom stereocenters. The highest BCUT2D eigenvalue weighted by molar-refractivity contribution is 5.47. The number of hydrogen-bond acceptors (Lipinski definition) is 2. The first-order chi connectivity index (χ1) is 5.38. The molecule has 0 aliphatic heterocycles. The Morgan fingerprint density at radius 3 is 3.18 bits per heavy atom. The lowest BCUT2D eigenvalue weighted by Crippen LogP contribution is -2.32. The normalized spacial score (nSPS) is 15.5. The minimum atomic E-state index is 0.983. The van der Waals surface area contributed by atoms with E-state index in [4.69, 9.17) is 5.73 Å². The van der Waals surface area contributed by atoms with Gasteiger partial charge in [-0.05, 0) is 24.1 Å². The Hall–Kier alpha value is -1.31. The van der Waals surface area contributed by atoms with Crippen LogP contribution in [0.3, 0.4) is 0 Å². The molecule has 1 aromatic heterocycles. The Bertz CT molecular complexity index is 379. The van der Waals surface area contributed by atoms with Gasteiger partial charge in [0.05, 0.1) is 0 Å².